The monoisotopic (exact) mass is 2040 g/mol. The van der Waals surface area contributed by atoms with Crippen LogP contribution >= 0.6 is 0 Å². The Balaban J connectivity index is -0.0000000132. The molecule has 0 spiro atoms. The molecule has 0 aliphatic heterocycles. The van der Waals surface area contributed by atoms with Gasteiger partial charge in [-0.25, -0.2) is 0 Å². The van der Waals surface area contributed by atoms with E-state index in [9.17, 15) is 9.59 Å². The molecule has 0 aromatic heterocycles. The topological polar surface area (TPSA) is 782 Å². The number of hydrogen-bond donors (Lipinski definition) is 0. The number of carbonyl (C=O) groups excluding carboxylic acids is 2. The summed E-state index contributed by atoms with van der Waals surface area (Å²) in [6.45, 7) is 60.1. The number of carbonyl (C=O) groups is 2. The maximum Gasteiger partial charge on any atom is 4.00 e. The van der Waals surface area contributed by atoms with Crippen molar-refractivity contribution in [2.24, 2.45) is 0 Å². The summed E-state index contributed by atoms with van der Waals surface area (Å²) in [5, 5.41) is 0. The molecule has 0 unspecified atom stereocenters. The first kappa shape index (κ1) is 280. The Bertz CT molecular complexity index is 918. The van der Waals surface area contributed by atoms with Crippen LogP contribution in [0.2, 0.25) is 0 Å². The zero-order chi connectivity index (χ0) is 60.5. The maximum atomic E-state index is 9.43. The zero-order valence-electron chi connectivity index (χ0n) is 73.7. The van der Waals surface area contributed by atoms with Gasteiger partial charge in [-0.05, 0) is 103 Å². The van der Waals surface area contributed by atoms with Crippen molar-refractivity contribution in [3.05, 3.63) is 0 Å². The molecule has 0 bridgehead atoms. The third kappa shape index (κ3) is 198. The first-order chi connectivity index (χ1) is 37.5. The summed E-state index contributed by atoms with van der Waals surface area (Å²) in [5.41, 5.74) is 0. The minimum atomic E-state index is 0. The molecule has 10 radical (unpaired) electrons. The fraction of sp³-hybridized carbons (Fsp3) is 0.971. The Kier molecular flexibility index (Phi) is 547. The molecule has 0 aromatic carbocycles. The Labute approximate surface area is 819 Å². The van der Waals surface area contributed by atoms with Gasteiger partial charge in [-0.1, -0.05) is 214 Å². The van der Waals surface area contributed by atoms with E-state index in [1.54, 1.807) is 28.2 Å². The largest absolute Gasteiger partial charge is 4.00 e. The van der Waals surface area contributed by atoms with Crippen molar-refractivity contribution in [3.63, 3.8) is 0 Å². The van der Waals surface area contributed by atoms with Crippen LogP contribution in [0.3, 0.4) is 0 Å². The third-order valence-electron chi connectivity index (χ3n) is 16.2. The van der Waals surface area contributed by atoms with Crippen LogP contribution in [0.4, 0.5) is 0 Å². The molecule has 44 heteroatoms. The van der Waals surface area contributed by atoms with Gasteiger partial charge in [0.25, 0.3) is 0 Å². The molecule has 114 heavy (non-hydrogen) atoms. The SMILES string of the molecule is CCCC[N+](CCCC)(CCCC)CCCC.CCCC[N+](CCCC)(CCCC)CCCC.CCCC[N+](CCCC)(CCCC)CCCC.CCCC[N+](CCCC)(CCCC)CCCC.CN(C)C=O.CN(C)C=O.[O-2].[O-2].[O-2].[O-2].[O-2].[O-2].[O-2].[O-2].[O-2].[O-2].[O-2].[O-2].[O-2].[O-2].[O-2].[O-2].[O-2].[O-2].[O-2].[O-2].[O-2].[O-2].[O-2].[O-2].[O-2].[O-2].[V+4].[V+4].[V].[V].[V].[V].[V].[V].[V].[V]. The van der Waals surface area contributed by atoms with Gasteiger partial charge in [0.15, 0.2) is 0 Å². The van der Waals surface area contributed by atoms with E-state index in [0.29, 0.717) is 0 Å². The molecule has 34 nitrogen and oxygen atoms in total. The van der Waals surface area contributed by atoms with Crippen LogP contribution < -0.4 is 0 Å². The van der Waals surface area contributed by atoms with Gasteiger partial charge in [0, 0.05) is 177 Å². The van der Waals surface area contributed by atoms with Crippen molar-refractivity contribution in [2.75, 3.05) is 133 Å². The van der Waals surface area contributed by atoms with E-state index < -0.39 is 0 Å². The van der Waals surface area contributed by atoms with Gasteiger partial charge in [0.1, 0.15) is 0 Å². The fourth-order valence-electron chi connectivity index (χ4n) is 10.6. The molecule has 0 N–H and O–H groups in total. The number of hydrogen-bond acceptors (Lipinski definition) is 2. The van der Waals surface area contributed by atoms with Crippen molar-refractivity contribution in [1.82, 2.24) is 9.80 Å². The van der Waals surface area contributed by atoms with Gasteiger partial charge < -0.3 is 170 Å². The number of quaternary nitrogens is 4. The average Bonchev–Trinajstić information content (AvgIpc) is 3.46. The smallest absolute Gasteiger partial charge is 2.00 e. The standard InChI is InChI=1S/4C16H36N.2C3H7NO.26O.10V/c4*1-5-9-13-17(14-10-6-2,15-11-7-3)16-12-8-4;2*1-4(2)3-5;;;;;;;;;;;;;;;;;;;;;;;;;;;;;;;;;;;;/h4*5-16H2,1-4H3;2*3H,1-2H3;;;;;;;;;;;;;;;;;;;;;;;;;;;;;;;;;;;;/q4*+1;;;26*-2;;;;;;;;;2*+4. The van der Waals surface area contributed by atoms with Crippen LogP contribution in [0.1, 0.15) is 316 Å². The summed E-state index contributed by atoms with van der Waals surface area (Å²) in [5.74, 6) is 0. The molecule has 0 saturated heterocycles. The van der Waals surface area contributed by atoms with Gasteiger partial charge in [-0.2, -0.15) is 0 Å². The van der Waals surface area contributed by atoms with Gasteiger partial charge in [-0.3, -0.25) is 9.59 Å². The van der Waals surface area contributed by atoms with Gasteiger partial charge in [-0.15, -0.1) is 0 Å². The molecule has 0 aromatic rings. The van der Waals surface area contributed by atoms with Gasteiger partial charge >= 0.3 is 37.1 Å². The average molecular weight is 2040 g/mol. The van der Waals surface area contributed by atoms with Crippen molar-refractivity contribution < 1.29 is 355 Å². The first-order valence-corrected chi connectivity index (χ1v) is 35.2. The zero-order valence-corrected chi connectivity index (χ0v) is 87.6. The number of amides is 2. The Hall–Kier alpha value is 3.58. The number of unbranched alkanes of at least 4 members (excludes halogenated alkanes) is 16. The summed E-state index contributed by atoms with van der Waals surface area (Å²) in [6, 6.07) is 0. The Morgan fingerprint density at radius 1 is 0.158 bits per heavy atom. The van der Waals surface area contributed by atoms with Crippen LogP contribution in [-0.4, -0.2) is 173 Å². The minimum Gasteiger partial charge on any atom is -2.00 e. The predicted octanol–water partition coefficient (Wildman–Crippen LogP) is 16.3. The fourth-order valence-corrected chi connectivity index (χ4v) is 10.6. The molecule has 0 aliphatic carbocycles. The van der Waals surface area contributed by atoms with Crippen LogP contribution in [0, 0.1) is 0 Å². The summed E-state index contributed by atoms with van der Waals surface area (Å²) in [4.78, 5) is 21.8. The molecule has 0 aliphatic rings. The summed E-state index contributed by atoms with van der Waals surface area (Å²) < 4.78 is 5.68. The minimum absolute atomic E-state index is 0. The van der Waals surface area contributed by atoms with E-state index in [2.05, 4.69) is 111 Å². The maximum absolute atomic E-state index is 9.43. The molecule has 0 atom stereocenters. The molecule has 0 heterocycles. The van der Waals surface area contributed by atoms with E-state index in [-0.39, 0.29) is 328 Å². The van der Waals surface area contributed by atoms with E-state index in [4.69, 9.17) is 0 Å². The van der Waals surface area contributed by atoms with Crippen molar-refractivity contribution in [3.8, 4) is 0 Å². The van der Waals surface area contributed by atoms with E-state index in [1.807, 2.05) is 0 Å². The number of nitrogens with zero attached hydrogens (tertiary/aromatic N) is 6. The Morgan fingerprint density at radius 3 is 0.228 bits per heavy atom. The molecule has 0 fully saturated rings. The van der Waals surface area contributed by atoms with Crippen LogP contribution in [0.15, 0.2) is 0 Å². The second-order valence-corrected chi connectivity index (χ2v) is 24.7. The van der Waals surface area contributed by atoms with Crippen LogP contribution in [0.25, 0.3) is 0 Å². The van der Waals surface area contributed by atoms with E-state index in [1.165, 1.54) is 338 Å². The molecule has 0 saturated carbocycles. The van der Waals surface area contributed by atoms with Crippen LogP contribution in [0.5, 0.6) is 0 Å². The van der Waals surface area contributed by atoms with Crippen LogP contribution in [-0.2, 0) is 338 Å². The van der Waals surface area contributed by atoms with E-state index in [0.717, 1.165) is 12.8 Å². The first-order valence-electron chi connectivity index (χ1n) is 35.2. The van der Waals surface area contributed by atoms with Crippen molar-refractivity contribution >= 4 is 12.8 Å². The van der Waals surface area contributed by atoms with Gasteiger partial charge in [0.2, 0.25) is 12.8 Å². The normalized spacial score (nSPS) is 7.75. The van der Waals surface area contributed by atoms with Gasteiger partial charge in [0.05, 0.1) is 105 Å². The third-order valence-corrected chi connectivity index (χ3v) is 16.2. The number of rotatable bonds is 50. The summed E-state index contributed by atoms with van der Waals surface area (Å²) >= 11 is 0. The summed E-state index contributed by atoms with van der Waals surface area (Å²) in [7, 11) is 6.75. The second kappa shape index (κ2) is 223. The predicted molar refractivity (Wildman–Crippen MR) is 375 cm³/mol. The molecular formula is C70H158N6O28V10-40. The Morgan fingerprint density at radius 2 is 0.202 bits per heavy atom. The summed E-state index contributed by atoms with van der Waals surface area (Å²) in [6.07, 6.45) is 45.7. The molecule has 726 valence electrons. The quantitative estimate of drug-likeness (QED) is 0.0423. The second-order valence-electron chi connectivity index (χ2n) is 24.7. The van der Waals surface area contributed by atoms with Crippen molar-refractivity contribution in [1.29, 1.82) is 0 Å². The molecule has 0 rings (SSSR count). The van der Waals surface area contributed by atoms with Crippen molar-refractivity contribution in [2.45, 2.75) is 316 Å². The van der Waals surface area contributed by atoms with E-state index >= 15 is 0 Å². The molecular weight excluding hydrogens is 1880 g/mol. The molecule has 2 amide bonds.